The fourth-order valence-corrected chi connectivity index (χ4v) is 2.19. The maximum Gasteiger partial charge on any atom is 0.276 e. The van der Waals surface area contributed by atoms with Gasteiger partial charge in [-0.25, -0.2) is 13.5 Å². The summed E-state index contributed by atoms with van der Waals surface area (Å²) in [6, 6.07) is 11.0. The zero-order valence-corrected chi connectivity index (χ0v) is 13.5. The van der Waals surface area contributed by atoms with Gasteiger partial charge in [0.25, 0.3) is 5.91 Å². The lowest BCUT2D eigenvalue weighted by Crippen LogP contribution is -2.14. The molecule has 0 aliphatic carbocycles. The summed E-state index contributed by atoms with van der Waals surface area (Å²) < 4.78 is 33.0. The standard InChI is InChI=1S/C17H12ClF2N3O2/c18-14-9-13(4-5-15(14)20)25-10-23-7-6-16(22-23)17(24)21-12-3-1-2-11(19)8-12/h1-9H,10H2,(H,21,24). The van der Waals surface area contributed by atoms with Gasteiger partial charge in [0, 0.05) is 18.0 Å². The van der Waals surface area contributed by atoms with Crippen molar-refractivity contribution in [3.05, 3.63) is 77.1 Å². The molecule has 0 bridgehead atoms. The molecule has 128 valence electrons. The molecule has 25 heavy (non-hydrogen) atoms. The van der Waals surface area contributed by atoms with Crippen molar-refractivity contribution in [3.63, 3.8) is 0 Å². The van der Waals surface area contributed by atoms with Crippen LogP contribution in [-0.2, 0) is 6.73 Å². The highest BCUT2D eigenvalue weighted by atomic mass is 35.5. The molecule has 5 nitrogen and oxygen atoms in total. The molecule has 8 heteroatoms. The highest BCUT2D eigenvalue weighted by Crippen LogP contribution is 2.21. The summed E-state index contributed by atoms with van der Waals surface area (Å²) in [6.07, 6.45) is 1.55. The van der Waals surface area contributed by atoms with E-state index in [4.69, 9.17) is 16.3 Å². The summed E-state index contributed by atoms with van der Waals surface area (Å²) in [4.78, 5) is 12.1. The normalized spacial score (nSPS) is 10.5. The molecular weight excluding hydrogens is 352 g/mol. The molecule has 0 unspecified atom stereocenters. The molecule has 0 saturated carbocycles. The minimum absolute atomic E-state index is 0.00913. The third-order valence-electron chi connectivity index (χ3n) is 3.21. The Balaban J connectivity index is 1.61. The lowest BCUT2D eigenvalue weighted by Gasteiger charge is -2.07. The number of nitrogens with zero attached hydrogens (tertiary/aromatic N) is 2. The molecule has 1 aromatic heterocycles. The first-order chi connectivity index (χ1) is 12.0. The van der Waals surface area contributed by atoms with Crippen LogP contribution in [0.25, 0.3) is 0 Å². The van der Waals surface area contributed by atoms with Crippen LogP contribution in [0.3, 0.4) is 0 Å². The lowest BCUT2D eigenvalue weighted by atomic mass is 10.3. The Kier molecular flexibility index (Phi) is 4.95. The molecule has 0 aliphatic rings. The fourth-order valence-electron chi connectivity index (χ4n) is 2.02. The second kappa shape index (κ2) is 7.31. The number of nitrogens with one attached hydrogen (secondary N) is 1. The van der Waals surface area contributed by atoms with Crippen LogP contribution in [0, 0.1) is 11.6 Å². The van der Waals surface area contributed by atoms with Crippen LogP contribution >= 0.6 is 11.6 Å². The molecule has 0 aliphatic heterocycles. The van der Waals surface area contributed by atoms with E-state index in [0.29, 0.717) is 11.4 Å². The molecule has 2 aromatic carbocycles. The first-order valence-corrected chi connectivity index (χ1v) is 7.57. The van der Waals surface area contributed by atoms with Crippen molar-refractivity contribution in [2.75, 3.05) is 5.32 Å². The second-order valence-electron chi connectivity index (χ2n) is 5.05. The number of hydrogen-bond acceptors (Lipinski definition) is 3. The molecule has 0 spiro atoms. The topological polar surface area (TPSA) is 56.2 Å². The minimum Gasteiger partial charge on any atom is -0.471 e. The van der Waals surface area contributed by atoms with Gasteiger partial charge in [0.1, 0.15) is 17.4 Å². The first kappa shape index (κ1) is 16.9. The average Bonchev–Trinajstić information content (AvgIpc) is 3.05. The van der Waals surface area contributed by atoms with Crippen molar-refractivity contribution in [2.24, 2.45) is 0 Å². The van der Waals surface area contributed by atoms with Crippen LogP contribution in [0.5, 0.6) is 5.75 Å². The Morgan fingerprint density at radius 3 is 2.80 bits per heavy atom. The fraction of sp³-hybridized carbons (Fsp3) is 0.0588. The van der Waals surface area contributed by atoms with Crippen LogP contribution in [0.15, 0.2) is 54.7 Å². The van der Waals surface area contributed by atoms with Gasteiger partial charge in [0.05, 0.1) is 5.02 Å². The molecule has 1 amide bonds. The zero-order valence-electron chi connectivity index (χ0n) is 12.7. The molecule has 3 aromatic rings. The molecule has 0 saturated heterocycles. The number of carbonyl (C=O) groups excluding carboxylic acids is 1. The SMILES string of the molecule is O=C(Nc1cccc(F)c1)c1ccn(COc2ccc(F)c(Cl)c2)n1. The molecule has 0 radical (unpaired) electrons. The van der Waals surface area contributed by atoms with Crippen molar-refractivity contribution in [1.82, 2.24) is 9.78 Å². The quantitative estimate of drug-likeness (QED) is 0.742. The summed E-state index contributed by atoms with van der Waals surface area (Å²) in [5.41, 5.74) is 0.474. The highest BCUT2D eigenvalue weighted by Gasteiger charge is 2.10. The van der Waals surface area contributed by atoms with Crippen molar-refractivity contribution < 1.29 is 18.3 Å². The Morgan fingerprint density at radius 2 is 2.04 bits per heavy atom. The Morgan fingerprint density at radius 1 is 1.20 bits per heavy atom. The van der Waals surface area contributed by atoms with E-state index in [1.807, 2.05) is 0 Å². The van der Waals surface area contributed by atoms with E-state index in [2.05, 4.69) is 10.4 Å². The van der Waals surface area contributed by atoms with E-state index in [9.17, 15) is 13.6 Å². The number of anilines is 1. The summed E-state index contributed by atoms with van der Waals surface area (Å²) in [5, 5.41) is 6.56. The minimum atomic E-state index is -0.538. The summed E-state index contributed by atoms with van der Waals surface area (Å²) in [5.74, 6) is -1.10. The highest BCUT2D eigenvalue weighted by molar-refractivity contribution is 6.30. The molecular formula is C17H12ClF2N3O2. The molecule has 1 heterocycles. The van der Waals surface area contributed by atoms with Crippen LogP contribution in [0.2, 0.25) is 5.02 Å². The van der Waals surface area contributed by atoms with E-state index in [1.165, 1.54) is 47.1 Å². The van der Waals surface area contributed by atoms with Gasteiger partial charge in [-0.1, -0.05) is 17.7 Å². The number of hydrogen-bond donors (Lipinski definition) is 1. The van der Waals surface area contributed by atoms with E-state index in [0.717, 1.165) is 0 Å². The Labute approximate surface area is 146 Å². The van der Waals surface area contributed by atoms with Crippen LogP contribution in [0.1, 0.15) is 10.5 Å². The van der Waals surface area contributed by atoms with Gasteiger partial charge in [-0.2, -0.15) is 5.10 Å². The lowest BCUT2D eigenvalue weighted by molar-refractivity contribution is 0.102. The summed E-state index contributed by atoms with van der Waals surface area (Å²) in [6.45, 7) is 0.00913. The van der Waals surface area contributed by atoms with Gasteiger partial charge >= 0.3 is 0 Å². The van der Waals surface area contributed by atoms with Gasteiger partial charge in [0.2, 0.25) is 0 Å². The van der Waals surface area contributed by atoms with Crippen LogP contribution < -0.4 is 10.1 Å². The number of benzene rings is 2. The van der Waals surface area contributed by atoms with Gasteiger partial charge in [0.15, 0.2) is 12.4 Å². The maximum absolute atomic E-state index is 13.1. The molecule has 1 N–H and O–H groups in total. The van der Waals surface area contributed by atoms with Crippen molar-refractivity contribution in [3.8, 4) is 5.75 Å². The predicted molar refractivity (Wildman–Crippen MR) is 88.6 cm³/mol. The van der Waals surface area contributed by atoms with Gasteiger partial charge in [-0.3, -0.25) is 4.79 Å². The first-order valence-electron chi connectivity index (χ1n) is 7.19. The molecule has 3 rings (SSSR count). The maximum atomic E-state index is 13.1. The molecule has 0 fully saturated rings. The zero-order chi connectivity index (χ0) is 17.8. The summed E-state index contributed by atoms with van der Waals surface area (Å²) in [7, 11) is 0. The Bertz CT molecular complexity index is 914. The molecule has 0 atom stereocenters. The van der Waals surface area contributed by atoms with E-state index < -0.39 is 17.5 Å². The van der Waals surface area contributed by atoms with Gasteiger partial charge < -0.3 is 10.1 Å². The largest absolute Gasteiger partial charge is 0.471 e. The number of aromatic nitrogens is 2. The number of carbonyl (C=O) groups is 1. The average molecular weight is 364 g/mol. The Hall–Kier alpha value is -2.93. The van der Waals surface area contributed by atoms with Crippen molar-refractivity contribution in [1.29, 1.82) is 0 Å². The number of halogens is 3. The van der Waals surface area contributed by atoms with Crippen LogP contribution in [0.4, 0.5) is 14.5 Å². The predicted octanol–water partition coefficient (Wildman–Crippen LogP) is 4.10. The van der Waals surface area contributed by atoms with Crippen molar-refractivity contribution in [2.45, 2.75) is 6.73 Å². The monoisotopic (exact) mass is 363 g/mol. The number of rotatable bonds is 5. The smallest absolute Gasteiger partial charge is 0.276 e. The van der Waals surface area contributed by atoms with E-state index in [1.54, 1.807) is 12.3 Å². The third-order valence-corrected chi connectivity index (χ3v) is 3.50. The third kappa shape index (κ3) is 4.33. The second-order valence-corrected chi connectivity index (χ2v) is 5.46. The number of ether oxygens (including phenoxy) is 1. The van der Waals surface area contributed by atoms with Gasteiger partial charge in [-0.15, -0.1) is 0 Å². The number of amides is 1. The van der Waals surface area contributed by atoms with E-state index in [-0.39, 0.29) is 17.4 Å². The van der Waals surface area contributed by atoms with Gasteiger partial charge in [-0.05, 0) is 36.4 Å². The van der Waals surface area contributed by atoms with Crippen molar-refractivity contribution >= 4 is 23.2 Å². The van der Waals surface area contributed by atoms with E-state index >= 15 is 0 Å². The summed E-state index contributed by atoms with van der Waals surface area (Å²) >= 11 is 5.67. The van der Waals surface area contributed by atoms with Crippen LogP contribution in [-0.4, -0.2) is 15.7 Å².